The van der Waals surface area contributed by atoms with Crippen molar-refractivity contribution in [1.82, 2.24) is 0 Å². The van der Waals surface area contributed by atoms with Crippen LogP contribution >= 0.6 is 0 Å². The van der Waals surface area contributed by atoms with Gasteiger partial charge < -0.3 is 5.11 Å². The molecule has 14 heavy (non-hydrogen) atoms. The summed E-state index contributed by atoms with van der Waals surface area (Å²) in [5.41, 5.74) is -0.538. The molecular weight excluding hydrogens is 196 g/mol. The van der Waals surface area contributed by atoms with Gasteiger partial charge in [0.25, 0.3) is 0 Å². The zero-order valence-electron chi connectivity index (χ0n) is 9.03. The molecule has 0 aromatic heterocycles. The van der Waals surface area contributed by atoms with Crippen molar-refractivity contribution in [3.8, 4) is 0 Å². The zero-order chi connectivity index (χ0) is 10.3. The van der Waals surface area contributed by atoms with Crippen molar-refractivity contribution in [3.63, 3.8) is 0 Å². The third-order valence-electron chi connectivity index (χ3n) is 3.95. The Morgan fingerprint density at radius 1 is 1.29 bits per heavy atom. The summed E-state index contributed by atoms with van der Waals surface area (Å²) >= 11 is 0. The van der Waals surface area contributed by atoms with Crippen LogP contribution in [0.25, 0.3) is 0 Å². The van der Waals surface area contributed by atoms with Crippen LogP contribution in [0.15, 0.2) is 0 Å². The molecule has 2 unspecified atom stereocenters. The number of rotatable bonds is 1. The van der Waals surface area contributed by atoms with Crippen molar-refractivity contribution in [2.45, 2.75) is 62.1 Å². The Hall–Kier alpha value is 0.110. The molecule has 0 aromatic rings. The highest BCUT2D eigenvalue weighted by molar-refractivity contribution is 7.86. The van der Waals surface area contributed by atoms with Crippen molar-refractivity contribution in [3.05, 3.63) is 0 Å². The third kappa shape index (κ3) is 1.65. The standard InChI is InChI=1S/C11H20O2S/c1-8(2)11(12)6-9-4-3-5-10(7-11)14(9)13/h8-10,12H,3-7H2,1-2H3. The number of aliphatic hydroxyl groups is 1. The Morgan fingerprint density at radius 3 is 2.21 bits per heavy atom. The van der Waals surface area contributed by atoms with Gasteiger partial charge >= 0.3 is 0 Å². The van der Waals surface area contributed by atoms with E-state index in [-0.39, 0.29) is 10.5 Å². The molecule has 2 atom stereocenters. The minimum Gasteiger partial charge on any atom is -0.390 e. The molecule has 2 heterocycles. The molecule has 2 nitrogen and oxygen atoms in total. The van der Waals surface area contributed by atoms with Crippen LogP contribution in [0, 0.1) is 5.92 Å². The molecule has 3 heteroatoms. The predicted octanol–water partition coefficient (Wildman–Crippen LogP) is 1.84. The highest BCUT2D eigenvalue weighted by Gasteiger charge is 2.46. The molecule has 0 amide bonds. The van der Waals surface area contributed by atoms with E-state index in [0.717, 1.165) is 25.7 Å². The number of hydrogen-bond acceptors (Lipinski definition) is 2. The van der Waals surface area contributed by atoms with E-state index in [2.05, 4.69) is 13.8 Å². The number of fused-ring (bicyclic) bond motifs is 2. The van der Waals surface area contributed by atoms with Crippen molar-refractivity contribution >= 4 is 10.8 Å². The highest BCUT2D eigenvalue weighted by Crippen LogP contribution is 2.42. The van der Waals surface area contributed by atoms with Gasteiger partial charge in [-0.15, -0.1) is 0 Å². The van der Waals surface area contributed by atoms with Crippen molar-refractivity contribution in [1.29, 1.82) is 0 Å². The summed E-state index contributed by atoms with van der Waals surface area (Å²) in [6.07, 6.45) is 4.83. The van der Waals surface area contributed by atoms with Gasteiger partial charge in [-0.1, -0.05) is 20.3 Å². The smallest absolute Gasteiger partial charge is 0.0693 e. The molecule has 2 rings (SSSR count). The monoisotopic (exact) mass is 216 g/mol. The fourth-order valence-corrected chi connectivity index (χ4v) is 5.04. The van der Waals surface area contributed by atoms with Gasteiger partial charge in [0.15, 0.2) is 0 Å². The van der Waals surface area contributed by atoms with E-state index in [1.807, 2.05) is 0 Å². The molecule has 0 saturated carbocycles. The SMILES string of the molecule is CC(C)C1(O)CC2CCCC(C1)S2=O. The molecule has 0 aromatic carbocycles. The molecule has 2 fully saturated rings. The fraction of sp³-hybridized carbons (Fsp3) is 1.00. The average molecular weight is 216 g/mol. The summed E-state index contributed by atoms with van der Waals surface area (Å²) < 4.78 is 11.9. The van der Waals surface area contributed by atoms with Gasteiger partial charge in [0, 0.05) is 21.3 Å². The van der Waals surface area contributed by atoms with E-state index < -0.39 is 16.4 Å². The minimum absolute atomic E-state index is 0.273. The largest absolute Gasteiger partial charge is 0.390 e. The van der Waals surface area contributed by atoms with Crippen LogP contribution < -0.4 is 0 Å². The highest BCUT2D eigenvalue weighted by atomic mass is 32.2. The van der Waals surface area contributed by atoms with E-state index in [0.29, 0.717) is 5.92 Å². The van der Waals surface area contributed by atoms with Gasteiger partial charge in [-0.3, -0.25) is 4.21 Å². The normalized spacial score (nSPS) is 48.1. The van der Waals surface area contributed by atoms with E-state index in [4.69, 9.17) is 0 Å². The van der Waals surface area contributed by atoms with Gasteiger partial charge in [-0.2, -0.15) is 0 Å². The van der Waals surface area contributed by atoms with Crippen LogP contribution in [0.5, 0.6) is 0 Å². The summed E-state index contributed by atoms with van der Waals surface area (Å²) in [6, 6.07) is 0. The second-order valence-electron chi connectivity index (χ2n) is 5.17. The molecule has 2 saturated heterocycles. The Kier molecular flexibility index (Phi) is 2.73. The van der Waals surface area contributed by atoms with Crippen molar-refractivity contribution in [2.75, 3.05) is 0 Å². The molecule has 2 aliphatic rings. The lowest BCUT2D eigenvalue weighted by molar-refractivity contribution is -0.0304. The summed E-state index contributed by atoms with van der Waals surface area (Å²) in [5.74, 6) is 0.294. The maximum atomic E-state index is 11.9. The predicted molar refractivity (Wildman–Crippen MR) is 58.6 cm³/mol. The molecule has 82 valence electrons. The van der Waals surface area contributed by atoms with Crippen molar-refractivity contribution < 1.29 is 9.32 Å². The number of hydrogen-bond donors (Lipinski definition) is 1. The Balaban J connectivity index is 2.18. The van der Waals surface area contributed by atoms with Crippen LogP contribution in [0.1, 0.15) is 46.0 Å². The fourth-order valence-electron chi connectivity index (χ4n) is 2.79. The van der Waals surface area contributed by atoms with Gasteiger partial charge in [0.1, 0.15) is 0 Å². The van der Waals surface area contributed by atoms with Gasteiger partial charge in [-0.25, -0.2) is 0 Å². The zero-order valence-corrected chi connectivity index (χ0v) is 9.85. The molecule has 0 radical (unpaired) electrons. The molecule has 0 spiro atoms. The van der Waals surface area contributed by atoms with E-state index >= 15 is 0 Å². The maximum absolute atomic E-state index is 11.9. The summed E-state index contributed by atoms with van der Waals surface area (Å²) in [4.78, 5) is 0. The van der Waals surface area contributed by atoms with E-state index in [1.54, 1.807) is 0 Å². The Bertz CT molecular complexity index is 234. The van der Waals surface area contributed by atoms with E-state index in [1.165, 1.54) is 6.42 Å². The first-order valence-electron chi connectivity index (χ1n) is 5.65. The minimum atomic E-state index is -0.659. The van der Waals surface area contributed by atoms with Gasteiger partial charge in [0.2, 0.25) is 0 Å². The quantitative estimate of drug-likeness (QED) is 0.726. The molecular formula is C11H20O2S. The molecule has 2 aliphatic heterocycles. The Labute approximate surface area is 88.5 Å². The molecule has 1 N–H and O–H groups in total. The van der Waals surface area contributed by atoms with Crippen molar-refractivity contribution in [2.24, 2.45) is 5.92 Å². The van der Waals surface area contributed by atoms with Crippen LogP contribution in [0.2, 0.25) is 0 Å². The van der Waals surface area contributed by atoms with Crippen LogP contribution in [-0.2, 0) is 10.8 Å². The third-order valence-corrected chi connectivity index (χ3v) is 6.07. The lowest BCUT2D eigenvalue weighted by Gasteiger charge is -2.45. The average Bonchev–Trinajstić information content (AvgIpc) is 2.07. The topological polar surface area (TPSA) is 37.3 Å². The van der Waals surface area contributed by atoms with Gasteiger partial charge in [0.05, 0.1) is 5.60 Å². The van der Waals surface area contributed by atoms with Crippen LogP contribution in [-0.4, -0.2) is 25.4 Å². The summed E-state index contributed by atoms with van der Waals surface area (Å²) in [7, 11) is -0.659. The Morgan fingerprint density at radius 2 is 1.79 bits per heavy atom. The lowest BCUT2D eigenvalue weighted by Crippen LogP contribution is -2.51. The van der Waals surface area contributed by atoms with Crippen LogP contribution in [0.3, 0.4) is 0 Å². The van der Waals surface area contributed by atoms with Crippen LogP contribution in [0.4, 0.5) is 0 Å². The second kappa shape index (κ2) is 3.60. The summed E-state index contributed by atoms with van der Waals surface area (Å²) in [5, 5.41) is 11.0. The van der Waals surface area contributed by atoms with Gasteiger partial charge in [-0.05, 0) is 31.6 Å². The molecule has 2 bridgehead atoms. The first kappa shape index (κ1) is 10.6. The summed E-state index contributed by atoms with van der Waals surface area (Å²) in [6.45, 7) is 4.15. The second-order valence-corrected chi connectivity index (χ2v) is 7.16. The first-order valence-corrected chi connectivity index (χ1v) is 6.92. The van der Waals surface area contributed by atoms with E-state index in [9.17, 15) is 9.32 Å². The lowest BCUT2D eigenvalue weighted by atomic mass is 9.78. The first-order chi connectivity index (χ1) is 6.53. The molecule has 0 aliphatic carbocycles. The maximum Gasteiger partial charge on any atom is 0.0693 e.